The van der Waals surface area contributed by atoms with Crippen molar-refractivity contribution in [2.45, 2.75) is 25.3 Å². The van der Waals surface area contributed by atoms with Gasteiger partial charge in [-0.3, -0.25) is 0 Å². The second-order valence-corrected chi connectivity index (χ2v) is 6.44. The summed E-state index contributed by atoms with van der Waals surface area (Å²) in [5, 5.41) is 0. The Hall–Kier alpha value is -1.85. The highest BCUT2D eigenvalue weighted by Crippen LogP contribution is 2.19. The Morgan fingerprint density at radius 1 is 1.10 bits per heavy atom. The zero-order chi connectivity index (χ0) is 15.3. The number of benzene rings is 2. The maximum absolute atomic E-state index is 12.1. The van der Waals surface area contributed by atoms with Crippen molar-refractivity contribution in [1.82, 2.24) is 4.72 Å². The normalized spacial score (nSPS) is 11.3. The van der Waals surface area contributed by atoms with Crippen molar-refractivity contribution in [2.75, 3.05) is 6.61 Å². The molecule has 0 spiro atoms. The zero-order valence-electron chi connectivity index (χ0n) is 12.2. The second-order valence-electron chi connectivity index (χ2n) is 4.67. The Kier molecular flexibility index (Phi) is 4.98. The van der Waals surface area contributed by atoms with Crippen molar-refractivity contribution >= 4 is 10.0 Å². The fourth-order valence-corrected chi connectivity index (χ4v) is 3.04. The minimum Gasteiger partial charge on any atom is -0.494 e. The smallest absolute Gasteiger partial charge is 0.240 e. The number of rotatable bonds is 6. The van der Waals surface area contributed by atoms with Gasteiger partial charge in [0.15, 0.2) is 0 Å². The zero-order valence-corrected chi connectivity index (χ0v) is 13.0. The number of hydrogen-bond acceptors (Lipinski definition) is 3. The first-order valence-corrected chi connectivity index (χ1v) is 8.28. The highest BCUT2D eigenvalue weighted by Gasteiger charge is 2.12. The third-order valence-corrected chi connectivity index (χ3v) is 4.48. The van der Waals surface area contributed by atoms with Crippen molar-refractivity contribution < 1.29 is 13.2 Å². The Bertz CT molecular complexity index is 697. The maximum Gasteiger partial charge on any atom is 0.240 e. The molecule has 0 saturated heterocycles. The average Bonchev–Trinajstić information content (AvgIpc) is 2.49. The molecule has 0 aliphatic carbocycles. The lowest BCUT2D eigenvalue weighted by Crippen LogP contribution is -2.23. The van der Waals surface area contributed by atoms with Crippen LogP contribution in [0.2, 0.25) is 0 Å². The van der Waals surface area contributed by atoms with Gasteiger partial charge in [-0.15, -0.1) is 0 Å². The number of aryl methyl sites for hydroxylation is 1. The van der Waals surface area contributed by atoms with Gasteiger partial charge < -0.3 is 4.74 Å². The first-order valence-electron chi connectivity index (χ1n) is 6.80. The third kappa shape index (κ3) is 4.06. The minimum absolute atomic E-state index is 0.254. The number of nitrogens with one attached hydrogen (secondary N) is 1. The highest BCUT2D eigenvalue weighted by molar-refractivity contribution is 7.89. The van der Waals surface area contributed by atoms with E-state index in [0.717, 1.165) is 16.9 Å². The van der Waals surface area contributed by atoms with Crippen LogP contribution in [0.4, 0.5) is 0 Å². The van der Waals surface area contributed by atoms with E-state index in [-0.39, 0.29) is 11.4 Å². The quantitative estimate of drug-likeness (QED) is 0.893. The lowest BCUT2D eigenvalue weighted by molar-refractivity contribution is 0.338. The van der Waals surface area contributed by atoms with E-state index in [1.54, 1.807) is 30.3 Å². The van der Waals surface area contributed by atoms with Gasteiger partial charge in [0, 0.05) is 6.54 Å². The van der Waals surface area contributed by atoms with Crippen LogP contribution in [-0.2, 0) is 16.6 Å². The van der Waals surface area contributed by atoms with E-state index in [2.05, 4.69) is 4.72 Å². The first-order chi connectivity index (χ1) is 10.0. The number of sulfonamides is 1. The molecule has 0 amide bonds. The molecule has 0 atom stereocenters. The lowest BCUT2D eigenvalue weighted by atomic mass is 10.1. The van der Waals surface area contributed by atoms with E-state index in [1.807, 2.05) is 32.0 Å². The molecule has 0 saturated carbocycles. The fraction of sp³-hybridized carbons (Fsp3) is 0.250. The average molecular weight is 305 g/mol. The molecule has 0 aromatic heterocycles. The second kappa shape index (κ2) is 6.74. The molecule has 0 unspecified atom stereocenters. The lowest BCUT2D eigenvalue weighted by Gasteiger charge is -2.10. The molecule has 0 heterocycles. The molecule has 1 N–H and O–H groups in total. The summed E-state index contributed by atoms with van der Waals surface area (Å²) in [6.45, 7) is 4.74. The van der Waals surface area contributed by atoms with Crippen molar-refractivity contribution in [2.24, 2.45) is 0 Å². The van der Waals surface area contributed by atoms with Gasteiger partial charge in [-0.05, 0) is 43.2 Å². The Labute approximate surface area is 125 Å². The van der Waals surface area contributed by atoms with Crippen LogP contribution in [0.5, 0.6) is 5.75 Å². The molecule has 0 aliphatic heterocycles. The summed E-state index contributed by atoms with van der Waals surface area (Å²) >= 11 is 0. The topological polar surface area (TPSA) is 55.4 Å². The van der Waals surface area contributed by atoms with Crippen LogP contribution in [0.25, 0.3) is 0 Å². The molecule has 5 heteroatoms. The van der Waals surface area contributed by atoms with Gasteiger partial charge in [-0.25, -0.2) is 13.1 Å². The number of hydrogen-bond donors (Lipinski definition) is 1. The van der Waals surface area contributed by atoms with Crippen LogP contribution in [0, 0.1) is 6.92 Å². The minimum atomic E-state index is -3.47. The molecule has 0 bridgehead atoms. The molecule has 112 valence electrons. The van der Waals surface area contributed by atoms with Crippen LogP contribution >= 0.6 is 0 Å². The Morgan fingerprint density at radius 2 is 1.81 bits per heavy atom. The van der Waals surface area contributed by atoms with E-state index in [9.17, 15) is 8.42 Å². The van der Waals surface area contributed by atoms with Gasteiger partial charge in [0.1, 0.15) is 5.75 Å². The molecule has 0 aliphatic rings. The summed E-state index contributed by atoms with van der Waals surface area (Å²) in [6, 6.07) is 14.0. The van der Waals surface area contributed by atoms with E-state index >= 15 is 0 Å². The van der Waals surface area contributed by atoms with Crippen molar-refractivity contribution in [1.29, 1.82) is 0 Å². The Morgan fingerprint density at radius 3 is 2.43 bits per heavy atom. The molecule has 0 radical (unpaired) electrons. The van der Waals surface area contributed by atoms with Crippen LogP contribution in [0.15, 0.2) is 53.4 Å². The van der Waals surface area contributed by atoms with Gasteiger partial charge in [0.05, 0.1) is 11.5 Å². The SMILES string of the molecule is CCOc1ccc(CNS(=O)(=O)c2ccccc2)cc1C. The highest BCUT2D eigenvalue weighted by atomic mass is 32.2. The molecular weight excluding hydrogens is 286 g/mol. The Balaban J connectivity index is 2.08. The summed E-state index contributed by atoms with van der Waals surface area (Å²) in [5.74, 6) is 0.826. The van der Waals surface area contributed by atoms with Crippen LogP contribution in [-0.4, -0.2) is 15.0 Å². The fourth-order valence-electron chi connectivity index (χ4n) is 2.00. The first kappa shape index (κ1) is 15.5. The van der Waals surface area contributed by atoms with E-state index in [1.165, 1.54) is 0 Å². The van der Waals surface area contributed by atoms with Gasteiger partial charge >= 0.3 is 0 Å². The van der Waals surface area contributed by atoms with Crippen LogP contribution in [0.3, 0.4) is 0 Å². The van der Waals surface area contributed by atoms with Gasteiger partial charge in [0.2, 0.25) is 10.0 Å². The molecule has 21 heavy (non-hydrogen) atoms. The van der Waals surface area contributed by atoms with Crippen LogP contribution < -0.4 is 9.46 Å². The standard InChI is InChI=1S/C16H19NO3S/c1-3-20-16-10-9-14(11-13(16)2)12-17-21(18,19)15-7-5-4-6-8-15/h4-11,17H,3,12H2,1-2H3. The molecular formula is C16H19NO3S. The van der Waals surface area contributed by atoms with Crippen molar-refractivity contribution in [3.05, 3.63) is 59.7 Å². The molecule has 2 aromatic rings. The monoisotopic (exact) mass is 305 g/mol. The predicted octanol–water partition coefficient (Wildman–Crippen LogP) is 2.87. The molecule has 2 rings (SSSR count). The summed E-state index contributed by atoms with van der Waals surface area (Å²) < 4.78 is 32.3. The summed E-state index contributed by atoms with van der Waals surface area (Å²) in [5.41, 5.74) is 1.89. The maximum atomic E-state index is 12.1. The van der Waals surface area contributed by atoms with Crippen molar-refractivity contribution in [3.8, 4) is 5.75 Å². The van der Waals surface area contributed by atoms with Crippen LogP contribution in [0.1, 0.15) is 18.1 Å². The summed E-state index contributed by atoms with van der Waals surface area (Å²) in [7, 11) is -3.47. The van der Waals surface area contributed by atoms with Crippen molar-refractivity contribution in [3.63, 3.8) is 0 Å². The van der Waals surface area contributed by atoms with Gasteiger partial charge in [-0.2, -0.15) is 0 Å². The van der Waals surface area contributed by atoms with Gasteiger partial charge in [-0.1, -0.05) is 30.3 Å². The number of ether oxygens (including phenoxy) is 1. The molecule has 2 aromatic carbocycles. The largest absolute Gasteiger partial charge is 0.494 e. The van der Waals surface area contributed by atoms with Gasteiger partial charge in [0.25, 0.3) is 0 Å². The molecule has 4 nitrogen and oxygen atoms in total. The van der Waals surface area contributed by atoms with E-state index in [0.29, 0.717) is 6.61 Å². The van der Waals surface area contributed by atoms with E-state index < -0.39 is 10.0 Å². The van der Waals surface area contributed by atoms with E-state index in [4.69, 9.17) is 4.74 Å². The molecule has 0 fully saturated rings. The summed E-state index contributed by atoms with van der Waals surface area (Å²) in [4.78, 5) is 0.271. The predicted molar refractivity (Wildman–Crippen MR) is 82.8 cm³/mol. The third-order valence-electron chi connectivity index (χ3n) is 3.06. The summed E-state index contributed by atoms with van der Waals surface area (Å²) in [6.07, 6.45) is 0.